The number of imide groups is 1. The molecule has 0 saturated carbocycles. The van der Waals surface area contributed by atoms with Crippen molar-refractivity contribution in [2.24, 2.45) is 0 Å². The van der Waals surface area contributed by atoms with Crippen molar-refractivity contribution in [3.8, 4) is 0 Å². The monoisotopic (exact) mass is 449 g/mol. The normalized spacial score (nSPS) is 18.7. The minimum atomic E-state index is -0.425. The average molecular weight is 450 g/mol. The summed E-state index contributed by atoms with van der Waals surface area (Å²) < 4.78 is 0. The van der Waals surface area contributed by atoms with E-state index in [4.69, 9.17) is 11.6 Å². The summed E-state index contributed by atoms with van der Waals surface area (Å²) in [6, 6.07) is 13.0. The van der Waals surface area contributed by atoms with Gasteiger partial charge in [-0.2, -0.15) is 0 Å². The van der Waals surface area contributed by atoms with Crippen LogP contribution in [-0.2, 0) is 11.3 Å². The maximum absolute atomic E-state index is 12.9. The number of nitrogens with zero attached hydrogens (tertiary/aromatic N) is 2. The zero-order valence-corrected chi connectivity index (χ0v) is 19.7. The summed E-state index contributed by atoms with van der Waals surface area (Å²) in [4.78, 5) is 28.9. The fraction of sp³-hybridized carbons (Fsp3) is 0.308. The van der Waals surface area contributed by atoms with Gasteiger partial charge in [0.15, 0.2) is 0 Å². The van der Waals surface area contributed by atoms with Gasteiger partial charge in [-0.25, -0.2) is 4.79 Å². The molecule has 2 aliphatic rings. The average Bonchev–Trinajstić information content (AvgIpc) is 3.00. The fourth-order valence-corrected chi connectivity index (χ4v) is 4.71. The van der Waals surface area contributed by atoms with E-state index in [1.807, 2.05) is 42.5 Å². The van der Waals surface area contributed by atoms with Crippen molar-refractivity contribution in [2.45, 2.75) is 46.2 Å². The summed E-state index contributed by atoms with van der Waals surface area (Å²) in [5.74, 6) is -0.353. The molecule has 2 heterocycles. The molecule has 0 aromatic heterocycles. The van der Waals surface area contributed by atoms with E-state index >= 15 is 0 Å². The van der Waals surface area contributed by atoms with Crippen LogP contribution >= 0.6 is 11.6 Å². The van der Waals surface area contributed by atoms with Crippen LogP contribution in [0.4, 0.5) is 10.5 Å². The van der Waals surface area contributed by atoms with Crippen LogP contribution in [0.15, 0.2) is 54.2 Å². The van der Waals surface area contributed by atoms with Crippen molar-refractivity contribution in [1.29, 1.82) is 0 Å². The van der Waals surface area contributed by atoms with E-state index in [9.17, 15) is 9.59 Å². The second-order valence-electron chi connectivity index (χ2n) is 8.89. The van der Waals surface area contributed by atoms with E-state index in [2.05, 4.69) is 44.0 Å². The number of hydrogen-bond donors (Lipinski definition) is 1. The van der Waals surface area contributed by atoms with Gasteiger partial charge < -0.3 is 10.2 Å². The maximum Gasteiger partial charge on any atom is 0.329 e. The number of nitrogens with one attached hydrogen (secondary N) is 1. The van der Waals surface area contributed by atoms with Gasteiger partial charge in [0.25, 0.3) is 5.91 Å². The Morgan fingerprint density at radius 2 is 1.84 bits per heavy atom. The predicted molar refractivity (Wildman–Crippen MR) is 130 cm³/mol. The van der Waals surface area contributed by atoms with E-state index < -0.39 is 6.03 Å². The van der Waals surface area contributed by atoms with E-state index in [0.29, 0.717) is 10.6 Å². The molecule has 5 nitrogen and oxygen atoms in total. The Morgan fingerprint density at radius 3 is 2.53 bits per heavy atom. The second kappa shape index (κ2) is 8.47. The fourth-order valence-electron chi connectivity index (χ4n) is 4.49. The van der Waals surface area contributed by atoms with Gasteiger partial charge in [-0.05, 0) is 62.1 Å². The molecule has 1 N–H and O–H groups in total. The summed E-state index contributed by atoms with van der Waals surface area (Å²) in [5, 5.41) is 3.25. The lowest BCUT2D eigenvalue weighted by Crippen LogP contribution is -2.45. The summed E-state index contributed by atoms with van der Waals surface area (Å²) in [6.07, 6.45) is 4.96. The van der Waals surface area contributed by atoms with Gasteiger partial charge in [0.05, 0.1) is 12.1 Å². The Bertz CT molecular complexity index is 1140. The SMILES string of the molecule is CCCN1c2cc(Cl)c(/C=C3/NC(=O)N(Cc4ccccc4)C3=O)cc2C(C)=CC1(C)C. The minimum Gasteiger partial charge on any atom is -0.362 e. The van der Waals surface area contributed by atoms with Crippen molar-refractivity contribution in [2.75, 3.05) is 11.4 Å². The number of rotatable bonds is 5. The van der Waals surface area contributed by atoms with E-state index in [0.717, 1.165) is 29.8 Å². The van der Waals surface area contributed by atoms with Crippen molar-refractivity contribution < 1.29 is 9.59 Å². The molecule has 1 saturated heterocycles. The van der Waals surface area contributed by atoms with Gasteiger partial charge in [-0.15, -0.1) is 0 Å². The topological polar surface area (TPSA) is 52.7 Å². The van der Waals surface area contributed by atoms with Gasteiger partial charge in [0.1, 0.15) is 5.70 Å². The molecule has 0 atom stereocenters. The Labute approximate surface area is 194 Å². The molecule has 0 unspecified atom stereocenters. The highest BCUT2D eigenvalue weighted by molar-refractivity contribution is 6.32. The first-order valence-corrected chi connectivity index (χ1v) is 11.3. The molecule has 0 aliphatic carbocycles. The molecule has 1 fully saturated rings. The molecule has 32 heavy (non-hydrogen) atoms. The standard InChI is InChI=1S/C26H28ClN3O2/c1-5-11-30-23-14-21(27)19(12-20(23)17(2)15-26(30,3)4)13-22-24(31)29(25(32)28-22)16-18-9-7-6-8-10-18/h6-10,12-15H,5,11,16H2,1-4H3,(H,28,32)/b22-13+. The zero-order chi connectivity index (χ0) is 23.0. The highest BCUT2D eigenvalue weighted by Gasteiger charge is 2.34. The molecule has 6 heteroatoms. The van der Waals surface area contributed by atoms with E-state index in [1.54, 1.807) is 6.08 Å². The number of carbonyl (C=O) groups is 2. The van der Waals surface area contributed by atoms with E-state index in [1.165, 1.54) is 10.5 Å². The van der Waals surface area contributed by atoms with Gasteiger partial charge in [0.2, 0.25) is 0 Å². The summed E-state index contributed by atoms with van der Waals surface area (Å²) in [7, 11) is 0. The lowest BCUT2D eigenvalue weighted by molar-refractivity contribution is -0.123. The van der Waals surface area contributed by atoms with Crippen LogP contribution in [0.5, 0.6) is 0 Å². The zero-order valence-electron chi connectivity index (χ0n) is 18.9. The highest BCUT2D eigenvalue weighted by atomic mass is 35.5. The van der Waals surface area contributed by atoms with Gasteiger partial charge in [-0.1, -0.05) is 54.9 Å². The summed E-state index contributed by atoms with van der Waals surface area (Å²) in [6.45, 7) is 9.81. The first-order valence-electron chi connectivity index (χ1n) is 10.9. The molecule has 2 aliphatic heterocycles. The van der Waals surface area contributed by atoms with Crippen LogP contribution < -0.4 is 10.2 Å². The highest BCUT2D eigenvalue weighted by Crippen LogP contribution is 2.42. The smallest absolute Gasteiger partial charge is 0.329 e. The number of carbonyl (C=O) groups excluding carboxylic acids is 2. The van der Waals surface area contributed by atoms with Crippen molar-refractivity contribution in [3.05, 3.63) is 76.0 Å². The molecule has 0 radical (unpaired) electrons. The molecular formula is C26H28ClN3O2. The molecular weight excluding hydrogens is 422 g/mol. The van der Waals surface area contributed by atoms with E-state index in [-0.39, 0.29) is 23.7 Å². The summed E-state index contributed by atoms with van der Waals surface area (Å²) in [5.41, 5.74) is 5.08. The van der Waals surface area contributed by atoms with Crippen LogP contribution in [-0.4, -0.2) is 28.9 Å². The molecule has 3 amide bonds. The number of benzene rings is 2. The van der Waals surface area contributed by atoms with Crippen LogP contribution in [0.25, 0.3) is 11.6 Å². The Balaban J connectivity index is 1.67. The van der Waals surface area contributed by atoms with Crippen LogP contribution in [0.3, 0.4) is 0 Å². The largest absolute Gasteiger partial charge is 0.362 e. The predicted octanol–water partition coefficient (Wildman–Crippen LogP) is 5.84. The Morgan fingerprint density at radius 1 is 1.12 bits per heavy atom. The summed E-state index contributed by atoms with van der Waals surface area (Å²) >= 11 is 6.67. The van der Waals surface area contributed by atoms with Gasteiger partial charge in [0, 0.05) is 22.8 Å². The third kappa shape index (κ3) is 4.05. The Kier molecular flexibility index (Phi) is 5.87. The van der Waals surface area contributed by atoms with Crippen molar-refractivity contribution in [3.63, 3.8) is 0 Å². The first-order chi connectivity index (χ1) is 15.2. The van der Waals surface area contributed by atoms with Crippen molar-refractivity contribution >= 4 is 40.9 Å². The number of amides is 3. The number of halogens is 1. The van der Waals surface area contributed by atoms with Crippen molar-refractivity contribution in [1.82, 2.24) is 10.2 Å². The molecule has 0 bridgehead atoms. The Hall–Kier alpha value is -3.05. The van der Waals surface area contributed by atoms with Crippen LogP contribution in [0, 0.1) is 0 Å². The number of allylic oxidation sites excluding steroid dienone is 1. The molecule has 2 aromatic rings. The van der Waals surface area contributed by atoms with Crippen LogP contribution in [0.1, 0.15) is 50.8 Å². The first kappa shape index (κ1) is 22.2. The lowest BCUT2D eigenvalue weighted by atomic mass is 9.87. The maximum atomic E-state index is 12.9. The number of fused-ring (bicyclic) bond motifs is 1. The third-order valence-electron chi connectivity index (χ3n) is 5.99. The minimum absolute atomic E-state index is 0.107. The second-order valence-corrected chi connectivity index (χ2v) is 9.30. The molecule has 2 aromatic carbocycles. The molecule has 166 valence electrons. The lowest BCUT2D eigenvalue weighted by Gasteiger charge is -2.43. The third-order valence-corrected chi connectivity index (χ3v) is 6.32. The van der Waals surface area contributed by atoms with Gasteiger partial charge >= 0.3 is 6.03 Å². The molecule has 4 rings (SSSR count). The number of anilines is 1. The van der Waals surface area contributed by atoms with Crippen LogP contribution in [0.2, 0.25) is 5.02 Å². The number of hydrogen-bond acceptors (Lipinski definition) is 3. The molecule has 0 spiro atoms. The number of urea groups is 1. The quantitative estimate of drug-likeness (QED) is 0.460. The van der Waals surface area contributed by atoms with Gasteiger partial charge in [-0.3, -0.25) is 9.69 Å².